The fourth-order valence-corrected chi connectivity index (χ4v) is 0.577. The largest absolute Gasteiger partial charge is 0.394 e. The van der Waals surface area contributed by atoms with Crippen LogP contribution in [0.4, 0.5) is 0 Å². The smallest absolute Gasteiger partial charge is 0.194 e. The van der Waals surface area contributed by atoms with E-state index >= 15 is 0 Å². The summed E-state index contributed by atoms with van der Waals surface area (Å²) >= 11 is 0. The van der Waals surface area contributed by atoms with E-state index in [1.807, 2.05) is 0 Å². The SMILES string of the molecule is O=C([C@@H](O)[C@@H](O)CO)[C@@H](O)CO. The van der Waals surface area contributed by atoms with E-state index in [0.717, 1.165) is 0 Å². The first-order valence-corrected chi connectivity index (χ1v) is 3.34. The maximum absolute atomic E-state index is 10.7. The molecule has 0 rings (SSSR count). The van der Waals surface area contributed by atoms with Crippen LogP contribution in [0.2, 0.25) is 0 Å². The van der Waals surface area contributed by atoms with E-state index in [1.54, 1.807) is 0 Å². The molecular weight excluding hydrogens is 168 g/mol. The minimum absolute atomic E-state index is 0.787. The molecule has 0 saturated heterocycles. The molecule has 0 aliphatic heterocycles. The molecule has 0 bridgehead atoms. The van der Waals surface area contributed by atoms with Crippen molar-refractivity contribution in [1.29, 1.82) is 0 Å². The predicted molar refractivity (Wildman–Crippen MR) is 37.2 cm³/mol. The lowest BCUT2D eigenvalue weighted by molar-refractivity contribution is -0.144. The van der Waals surface area contributed by atoms with Crippen LogP contribution in [0.25, 0.3) is 0 Å². The van der Waals surface area contributed by atoms with Gasteiger partial charge >= 0.3 is 0 Å². The van der Waals surface area contributed by atoms with E-state index in [-0.39, 0.29) is 0 Å². The number of aliphatic hydroxyl groups excluding tert-OH is 5. The van der Waals surface area contributed by atoms with Gasteiger partial charge in [0.1, 0.15) is 18.3 Å². The summed E-state index contributed by atoms with van der Waals surface area (Å²) in [5, 5.41) is 42.9. The molecule has 0 saturated carbocycles. The van der Waals surface area contributed by atoms with E-state index in [9.17, 15) is 4.79 Å². The molecule has 0 unspecified atom stereocenters. The average molecular weight is 180 g/mol. The Morgan fingerprint density at radius 1 is 1.08 bits per heavy atom. The van der Waals surface area contributed by atoms with Crippen LogP contribution < -0.4 is 0 Å². The molecule has 0 aromatic rings. The number of hydrogen-bond donors (Lipinski definition) is 5. The molecule has 0 aromatic carbocycles. The fraction of sp³-hybridized carbons (Fsp3) is 0.833. The lowest BCUT2D eigenvalue weighted by Crippen LogP contribution is -2.43. The summed E-state index contributed by atoms with van der Waals surface area (Å²) in [6.07, 6.45) is -5.21. The monoisotopic (exact) mass is 180 g/mol. The number of carbonyl (C=O) groups excluding carboxylic acids is 1. The summed E-state index contributed by atoms with van der Waals surface area (Å²) < 4.78 is 0. The topological polar surface area (TPSA) is 118 Å². The molecule has 0 radical (unpaired) electrons. The summed E-state index contributed by atoms with van der Waals surface area (Å²) in [5.41, 5.74) is 0. The zero-order valence-electron chi connectivity index (χ0n) is 6.29. The lowest BCUT2D eigenvalue weighted by Gasteiger charge is -2.16. The molecule has 0 aliphatic carbocycles. The summed E-state index contributed by atoms with van der Waals surface area (Å²) in [7, 11) is 0. The van der Waals surface area contributed by atoms with Crippen LogP contribution in [0, 0.1) is 0 Å². The third-order valence-corrected chi connectivity index (χ3v) is 1.34. The molecule has 0 spiro atoms. The average Bonchev–Trinajstić information content (AvgIpc) is 2.12. The van der Waals surface area contributed by atoms with Crippen molar-refractivity contribution in [3.8, 4) is 0 Å². The summed E-state index contributed by atoms with van der Waals surface area (Å²) in [6.45, 7) is -1.61. The second-order valence-corrected chi connectivity index (χ2v) is 2.30. The second-order valence-electron chi connectivity index (χ2n) is 2.30. The highest BCUT2D eigenvalue weighted by Gasteiger charge is 2.28. The van der Waals surface area contributed by atoms with Crippen LogP contribution in [0.1, 0.15) is 0 Å². The predicted octanol–water partition coefficient (Wildman–Crippen LogP) is -3.38. The second kappa shape index (κ2) is 5.18. The molecule has 3 atom stereocenters. The number of Topliss-reactive ketones (excluding diaryl/α,β-unsaturated/α-hetero) is 1. The Balaban J connectivity index is 4.09. The van der Waals surface area contributed by atoms with Gasteiger partial charge in [-0.05, 0) is 0 Å². The Morgan fingerprint density at radius 2 is 1.58 bits per heavy atom. The van der Waals surface area contributed by atoms with Crippen LogP contribution in [-0.2, 0) is 4.79 Å². The van der Waals surface area contributed by atoms with E-state index in [0.29, 0.717) is 0 Å². The fourth-order valence-electron chi connectivity index (χ4n) is 0.577. The number of rotatable bonds is 5. The normalized spacial score (nSPS) is 18.4. The van der Waals surface area contributed by atoms with Crippen molar-refractivity contribution in [3.63, 3.8) is 0 Å². The number of ketones is 1. The molecule has 0 aromatic heterocycles. The summed E-state index contributed by atoms with van der Waals surface area (Å²) in [6, 6.07) is 0. The van der Waals surface area contributed by atoms with Gasteiger partial charge in [0.25, 0.3) is 0 Å². The van der Waals surface area contributed by atoms with Gasteiger partial charge in [0, 0.05) is 0 Å². The molecule has 72 valence electrons. The Bertz CT molecular complexity index is 147. The van der Waals surface area contributed by atoms with Crippen LogP contribution >= 0.6 is 0 Å². The van der Waals surface area contributed by atoms with Gasteiger partial charge < -0.3 is 25.5 Å². The molecule has 6 heteroatoms. The summed E-state index contributed by atoms with van der Waals surface area (Å²) in [4.78, 5) is 10.7. The Hall–Kier alpha value is -0.530. The van der Waals surface area contributed by atoms with Gasteiger partial charge in [-0.25, -0.2) is 0 Å². The number of carbonyl (C=O) groups is 1. The Kier molecular flexibility index (Phi) is 4.95. The lowest BCUT2D eigenvalue weighted by atomic mass is 10.1. The number of aliphatic hydroxyl groups is 5. The maximum Gasteiger partial charge on any atom is 0.194 e. The van der Waals surface area contributed by atoms with Crippen molar-refractivity contribution in [2.75, 3.05) is 13.2 Å². The van der Waals surface area contributed by atoms with Gasteiger partial charge in [-0.2, -0.15) is 0 Å². The van der Waals surface area contributed by atoms with Gasteiger partial charge in [-0.15, -0.1) is 0 Å². The van der Waals surface area contributed by atoms with Gasteiger partial charge in [-0.3, -0.25) is 4.79 Å². The van der Waals surface area contributed by atoms with Gasteiger partial charge in [0.2, 0.25) is 0 Å². The molecule has 0 amide bonds. The first-order chi connectivity index (χ1) is 5.54. The van der Waals surface area contributed by atoms with Crippen LogP contribution in [0.15, 0.2) is 0 Å². The molecule has 6 nitrogen and oxygen atoms in total. The van der Waals surface area contributed by atoms with E-state index in [1.165, 1.54) is 0 Å². The van der Waals surface area contributed by atoms with Crippen molar-refractivity contribution in [1.82, 2.24) is 0 Å². The standard InChI is InChI=1S/C6H12O6/c7-1-3(9)5(11)6(12)4(10)2-8/h3-5,7-11H,1-2H2/t3-,4-,5-/m0/s1. The van der Waals surface area contributed by atoms with Crippen LogP contribution in [0.5, 0.6) is 0 Å². The molecule has 0 fully saturated rings. The molecule has 5 N–H and O–H groups in total. The summed E-state index contributed by atoms with van der Waals surface area (Å²) in [5.74, 6) is -1.11. The third-order valence-electron chi connectivity index (χ3n) is 1.34. The van der Waals surface area contributed by atoms with Gasteiger partial charge in [-0.1, -0.05) is 0 Å². The zero-order valence-corrected chi connectivity index (χ0v) is 6.29. The quantitative estimate of drug-likeness (QED) is 0.301. The number of hydrogen-bond acceptors (Lipinski definition) is 6. The van der Waals surface area contributed by atoms with E-state index < -0.39 is 37.3 Å². The first-order valence-electron chi connectivity index (χ1n) is 3.34. The zero-order chi connectivity index (χ0) is 9.72. The Labute approximate surface area is 68.7 Å². The van der Waals surface area contributed by atoms with E-state index in [2.05, 4.69) is 0 Å². The minimum atomic E-state index is -1.86. The molecule has 12 heavy (non-hydrogen) atoms. The van der Waals surface area contributed by atoms with Crippen molar-refractivity contribution in [2.24, 2.45) is 0 Å². The third kappa shape index (κ3) is 2.84. The van der Waals surface area contributed by atoms with Crippen LogP contribution in [-0.4, -0.2) is 62.8 Å². The van der Waals surface area contributed by atoms with Crippen LogP contribution in [0.3, 0.4) is 0 Å². The van der Waals surface area contributed by atoms with Gasteiger partial charge in [0.05, 0.1) is 13.2 Å². The van der Waals surface area contributed by atoms with Crippen molar-refractivity contribution in [2.45, 2.75) is 18.3 Å². The van der Waals surface area contributed by atoms with Crippen molar-refractivity contribution in [3.05, 3.63) is 0 Å². The molecular formula is C6H12O6. The Morgan fingerprint density at radius 3 is 1.92 bits per heavy atom. The molecule has 0 aliphatic rings. The highest BCUT2D eigenvalue weighted by atomic mass is 16.4. The van der Waals surface area contributed by atoms with Crippen molar-refractivity contribution >= 4 is 5.78 Å². The molecule has 0 heterocycles. The van der Waals surface area contributed by atoms with E-state index in [4.69, 9.17) is 25.5 Å². The maximum atomic E-state index is 10.7. The highest BCUT2D eigenvalue weighted by molar-refractivity contribution is 5.87. The minimum Gasteiger partial charge on any atom is -0.394 e. The first kappa shape index (κ1) is 11.5. The highest BCUT2D eigenvalue weighted by Crippen LogP contribution is 1.98. The van der Waals surface area contributed by atoms with Crippen molar-refractivity contribution < 1.29 is 30.3 Å². The van der Waals surface area contributed by atoms with Gasteiger partial charge in [0.15, 0.2) is 5.78 Å².